The Hall–Kier alpha value is -3.84. The maximum atomic E-state index is 13.8. The van der Waals surface area contributed by atoms with E-state index in [4.69, 9.17) is 5.73 Å². The summed E-state index contributed by atoms with van der Waals surface area (Å²) < 4.78 is 0. The van der Waals surface area contributed by atoms with Crippen molar-refractivity contribution in [2.75, 3.05) is 24.3 Å². The molecule has 17 nitrogen and oxygen atoms in total. The number of carbonyl (C=O) groups excluding carboxylic acids is 6. The maximum absolute atomic E-state index is 13.8. The quantitative estimate of drug-likeness (QED) is 0.0577. The molecule has 6 amide bonds. The van der Waals surface area contributed by atoms with E-state index in [2.05, 4.69) is 54.5 Å². The van der Waals surface area contributed by atoms with Crippen molar-refractivity contribution < 1.29 is 38.7 Å². The van der Waals surface area contributed by atoms with Crippen molar-refractivity contribution in [1.29, 1.82) is 0 Å². The molecule has 0 unspecified atom stereocenters. The number of hydrogen-bond donors (Lipinski definition) is 10. The van der Waals surface area contributed by atoms with Crippen molar-refractivity contribution in [2.24, 2.45) is 23.5 Å². The van der Waals surface area contributed by atoms with Gasteiger partial charge in [-0.05, 0) is 49.0 Å². The Bertz CT molecular complexity index is 1350. The van der Waals surface area contributed by atoms with E-state index in [1.807, 2.05) is 47.8 Å². The molecule has 0 spiro atoms. The Kier molecular flexibility index (Phi) is 21.8. The lowest BCUT2D eigenvalue weighted by Crippen LogP contribution is -2.60. The molecule has 0 aliphatic carbocycles. The predicted molar refractivity (Wildman–Crippen MR) is 206 cm³/mol. The summed E-state index contributed by atoms with van der Waals surface area (Å²) in [5, 5.41) is 25.0. The number of aromatic nitrogens is 2. The van der Waals surface area contributed by atoms with Gasteiger partial charge in [-0.2, -0.15) is 24.4 Å². The van der Waals surface area contributed by atoms with E-state index in [-0.39, 0.29) is 49.2 Å². The van der Waals surface area contributed by atoms with Gasteiger partial charge in [-0.25, -0.2) is 9.78 Å². The van der Waals surface area contributed by atoms with Crippen molar-refractivity contribution >= 4 is 65.8 Å². The zero-order valence-electron chi connectivity index (χ0n) is 31.7. The van der Waals surface area contributed by atoms with Gasteiger partial charge < -0.3 is 47.7 Å². The van der Waals surface area contributed by atoms with Crippen LogP contribution in [0.3, 0.4) is 0 Å². The average molecular weight is 786 g/mol. The lowest BCUT2D eigenvalue weighted by atomic mass is 9.99. The number of carboxylic acids is 1. The zero-order valence-corrected chi connectivity index (χ0v) is 33.4. The van der Waals surface area contributed by atoms with E-state index in [1.54, 1.807) is 0 Å². The molecule has 10 N–H and O–H groups in total. The molecule has 0 bridgehead atoms. The summed E-state index contributed by atoms with van der Waals surface area (Å²) in [6, 6.07) is -6.51. The predicted octanol–water partition coefficient (Wildman–Crippen LogP) is -0.274. The minimum atomic E-state index is -1.23. The van der Waals surface area contributed by atoms with Crippen molar-refractivity contribution in [2.45, 2.75) is 110 Å². The molecule has 53 heavy (non-hydrogen) atoms. The van der Waals surface area contributed by atoms with Crippen LogP contribution < -0.4 is 37.6 Å². The lowest BCUT2D eigenvalue weighted by molar-refractivity contribution is -0.142. The molecule has 1 heterocycles. The number of carbonyl (C=O) groups is 7. The van der Waals surface area contributed by atoms with Crippen LogP contribution in [-0.2, 0) is 40.0 Å². The second-order valence-electron chi connectivity index (χ2n) is 13.8. The number of nitrogens with zero attached hydrogens (tertiary/aromatic N) is 1. The summed E-state index contributed by atoms with van der Waals surface area (Å²) >= 11 is 5.66. The minimum absolute atomic E-state index is 0.000306. The largest absolute Gasteiger partial charge is 0.480 e. The van der Waals surface area contributed by atoms with E-state index in [0.29, 0.717) is 17.9 Å². The van der Waals surface area contributed by atoms with Gasteiger partial charge >= 0.3 is 5.97 Å². The number of carboxylic acid groups (broad SMARTS) is 1. The molecule has 0 aliphatic rings. The number of thioether (sulfide) groups is 1. The van der Waals surface area contributed by atoms with Crippen LogP contribution in [0.15, 0.2) is 12.5 Å². The van der Waals surface area contributed by atoms with E-state index in [0.717, 1.165) is 0 Å². The van der Waals surface area contributed by atoms with Crippen LogP contribution in [0.4, 0.5) is 0 Å². The van der Waals surface area contributed by atoms with E-state index >= 15 is 0 Å². The number of thiol groups is 1. The van der Waals surface area contributed by atoms with Gasteiger partial charge in [0.2, 0.25) is 35.4 Å². The number of hydrogen-bond acceptors (Lipinski definition) is 11. The number of aromatic amines is 1. The van der Waals surface area contributed by atoms with Gasteiger partial charge in [0.25, 0.3) is 0 Å². The highest BCUT2D eigenvalue weighted by atomic mass is 32.2. The third kappa shape index (κ3) is 17.7. The SMILES string of the molecule is CC[C@H](C)[C@H](N)C(=O)N[C@@H](CS)C(=O)N[C@@H](CCSC)C(=O)N[C@@H](Cc1cnc[nH]1)C(=O)N[C@@H](CC(C)C)C(=O)NCC(=O)N[C@@H](CC(C)C)C(=O)O. The molecule has 19 heteroatoms. The van der Waals surface area contributed by atoms with E-state index in [9.17, 15) is 38.7 Å². The molecule has 7 atom stereocenters. The first kappa shape index (κ1) is 47.2. The molecule has 0 saturated heterocycles. The number of aliphatic carboxylic acids is 1. The van der Waals surface area contributed by atoms with Crippen molar-refractivity contribution in [3.8, 4) is 0 Å². The van der Waals surface area contributed by atoms with Gasteiger partial charge in [0.15, 0.2) is 0 Å². The molecular weight excluding hydrogens is 727 g/mol. The summed E-state index contributed by atoms with van der Waals surface area (Å²) in [6.07, 6.45) is 5.89. The molecule has 300 valence electrons. The number of amides is 6. The molecule has 1 aromatic heterocycles. The Morgan fingerprint density at radius 2 is 1.36 bits per heavy atom. The second-order valence-corrected chi connectivity index (χ2v) is 15.2. The van der Waals surface area contributed by atoms with Gasteiger partial charge in [-0.3, -0.25) is 28.8 Å². The third-order valence-electron chi connectivity index (χ3n) is 8.33. The van der Waals surface area contributed by atoms with Crippen LogP contribution in [0.25, 0.3) is 0 Å². The molecule has 0 fully saturated rings. The van der Waals surface area contributed by atoms with Crippen molar-refractivity contribution in [1.82, 2.24) is 41.9 Å². The fraction of sp³-hybridized carbons (Fsp3) is 0.706. The van der Waals surface area contributed by atoms with E-state index < -0.39 is 84.2 Å². The lowest BCUT2D eigenvalue weighted by Gasteiger charge is -2.27. The fourth-order valence-electron chi connectivity index (χ4n) is 5.05. The molecule has 0 radical (unpaired) electrons. The van der Waals surface area contributed by atoms with E-state index in [1.165, 1.54) is 24.3 Å². The smallest absolute Gasteiger partial charge is 0.326 e. The molecule has 0 aliphatic heterocycles. The van der Waals surface area contributed by atoms with Crippen molar-refractivity contribution in [3.63, 3.8) is 0 Å². The highest BCUT2D eigenvalue weighted by Crippen LogP contribution is 2.10. The molecule has 0 aromatic carbocycles. The number of nitrogens with one attached hydrogen (secondary N) is 7. The van der Waals surface area contributed by atoms with Crippen LogP contribution >= 0.6 is 24.4 Å². The van der Waals surface area contributed by atoms with Gasteiger partial charge in [-0.15, -0.1) is 0 Å². The first-order valence-electron chi connectivity index (χ1n) is 17.8. The number of H-pyrrole nitrogens is 1. The first-order valence-corrected chi connectivity index (χ1v) is 19.8. The summed E-state index contributed by atoms with van der Waals surface area (Å²) in [5.41, 5.74) is 6.54. The Morgan fingerprint density at radius 3 is 1.89 bits per heavy atom. The highest BCUT2D eigenvalue weighted by molar-refractivity contribution is 7.98. The standard InChI is InChI=1S/C34H59N9O8S2/c1-8-20(6)28(35)33(49)43-26(16-52)32(48)40-22(9-10-53-7)30(46)42-24(13-21-14-36-17-38-21)31(47)41-23(11-18(2)3)29(45)37-15-27(44)39-25(34(50)51)12-19(4)5/h14,17-20,22-26,28,52H,8-13,15-16,35H2,1-7H3,(H,36,38)(H,37,45)(H,39,44)(H,40,48)(H,41,47)(H,42,46)(H,43,49)(H,50,51)/t20-,22-,23-,24-,25-,26-,28-/m0/s1. The highest BCUT2D eigenvalue weighted by Gasteiger charge is 2.33. The molecular formula is C34H59N9O8S2. The summed E-state index contributed by atoms with van der Waals surface area (Å²) in [5.74, 6) is -4.94. The first-order chi connectivity index (χ1) is 24.9. The summed E-state index contributed by atoms with van der Waals surface area (Å²) in [6.45, 7) is 10.5. The van der Waals surface area contributed by atoms with Crippen LogP contribution in [0.5, 0.6) is 0 Å². The summed E-state index contributed by atoms with van der Waals surface area (Å²) in [7, 11) is 0. The summed E-state index contributed by atoms with van der Waals surface area (Å²) in [4.78, 5) is 97.8. The average Bonchev–Trinajstić information content (AvgIpc) is 3.62. The Balaban J connectivity index is 3.17. The maximum Gasteiger partial charge on any atom is 0.326 e. The number of nitrogens with two attached hydrogens (primary N) is 1. The Labute approximate surface area is 321 Å². The van der Waals surface area contributed by atoms with Crippen molar-refractivity contribution in [3.05, 3.63) is 18.2 Å². The van der Waals surface area contributed by atoms with Crippen LogP contribution in [0, 0.1) is 17.8 Å². The van der Waals surface area contributed by atoms with Gasteiger partial charge in [0, 0.05) is 24.1 Å². The van der Waals surface area contributed by atoms with Crippen LogP contribution in [-0.4, -0.2) is 117 Å². The van der Waals surface area contributed by atoms with Gasteiger partial charge in [-0.1, -0.05) is 48.0 Å². The number of rotatable bonds is 25. The molecule has 0 saturated carbocycles. The van der Waals surface area contributed by atoms with Crippen LogP contribution in [0.2, 0.25) is 0 Å². The van der Waals surface area contributed by atoms with Crippen LogP contribution in [0.1, 0.15) is 72.9 Å². The van der Waals surface area contributed by atoms with Gasteiger partial charge in [0.05, 0.1) is 18.9 Å². The Morgan fingerprint density at radius 1 is 0.811 bits per heavy atom. The topological polar surface area (TPSA) is 267 Å². The molecule has 1 aromatic rings. The zero-order chi connectivity index (χ0) is 40.2. The van der Waals surface area contributed by atoms with Gasteiger partial charge in [0.1, 0.15) is 30.2 Å². The number of imidazole rings is 1. The monoisotopic (exact) mass is 785 g/mol. The fourth-order valence-corrected chi connectivity index (χ4v) is 5.78. The minimum Gasteiger partial charge on any atom is -0.480 e. The molecule has 1 rings (SSSR count). The normalized spacial score (nSPS) is 15.2. The third-order valence-corrected chi connectivity index (χ3v) is 9.34. The second kappa shape index (κ2) is 24.5.